The zero-order valence-electron chi connectivity index (χ0n) is 14.3. The van der Waals surface area contributed by atoms with Gasteiger partial charge in [0.2, 0.25) is 0 Å². The number of rotatable bonds is 2. The monoisotopic (exact) mass is 343 g/mol. The highest BCUT2D eigenvalue weighted by Crippen LogP contribution is 2.50. The summed E-state index contributed by atoms with van der Waals surface area (Å²) in [6.45, 7) is 0.763. The van der Waals surface area contributed by atoms with E-state index in [1.54, 1.807) is 18.2 Å². The molecule has 0 unspecified atom stereocenters. The summed E-state index contributed by atoms with van der Waals surface area (Å²) in [5.41, 5.74) is 3.49. The van der Waals surface area contributed by atoms with E-state index in [-0.39, 0.29) is 11.5 Å². The summed E-state index contributed by atoms with van der Waals surface area (Å²) in [6.07, 6.45) is 1.08. The Bertz CT molecular complexity index is 850. The van der Waals surface area contributed by atoms with E-state index >= 15 is 0 Å². The Kier molecular flexibility index (Phi) is 3.56. The van der Waals surface area contributed by atoms with Gasteiger partial charge in [-0.15, -0.1) is 0 Å². The van der Waals surface area contributed by atoms with Gasteiger partial charge in [0.25, 0.3) is 0 Å². The van der Waals surface area contributed by atoms with Crippen molar-refractivity contribution in [2.75, 3.05) is 20.8 Å². The third kappa shape index (κ3) is 2.33. The third-order valence-electron chi connectivity index (χ3n) is 5.50. The molecule has 0 saturated carbocycles. The average molecular weight is 343 g/mol. The summed E-state index contributed by atoms with van der Waals surface area (Å²) in [6, 6.07) is 6.69. The van der Waals surface area contributed by atoms with Crippen LogP contribution in [0.4, 0.5) is 0 Å². The number of hydrogen-bond donors (Lipinski definition) is 2. The molecule has 2 aliphatic heterocycles. The van der Waals surface area contributed by atoms with E-state index in [1.807, 2.05) is 6.07 Å². The summed E-state index contributed by atoms with van der Waals surface area (Å²) >= 11 is 0. The number of phenols is 2. The maximum Gasteiger partial charge on any atom is 0.167 e. The Balaban J connectivity index is 1.85. The van der Waals surface area contributed by atoms with Crippen LogP contribution < -0.4 is 9.47 Å². The van der Waals surface area contributed by atoms with Gasteiger partial charge >= 0.3 is 0 Å². The van der Waals surface area contributed by atoms with Crippen molar-refractivity contribution in [3.8, 4) is 23.0 Å². The molecule has 25 heavy (non-hydrogen) atoms. The lowest BCUT2D eigenvalue weighted by molar-refractivity contribution is -0.928. The zero-order valence-corrected chi connectivity index (χ0v) is 14.3. The van der Waals surface area contributed by atoms with Crippen molar-refractivity contribution in [2.24, 2.45) is 0 Å². The van der Waals surface area contributed by atoms with E-state index in [9.17, 15) is 15.4 Å². The predicted molar refractivity (Wildman–Crippen MR) is 91.7 cm³/mol. The van der Waals surface area contributed by atoms with Gasteiger partial charge in [0, 0.05) is 18.4 Å². The molecule has 0 radical (unpaired) electrons. The third-order valence-corrected chi connectivity index (χ3v) is 5.50. The first-order valence-electron chi connectivity index (χ1n) is 8.32. The van der Waals surface area contributed by atoms with E-state index in [0.717, 1.165) is 16.7 Å². The molecule has 0 amide bonds. The number of benzene rings is 2. The van der Waals surface area contributed by atoms with Crippen LogP contribution in [0.2, 0.25) is 0 Å². The molecule has 0 aliphatic carbocycles. The Morgan fingerprint density at radius 3 is 2.52 bits per heavy atom. The number of hydroxylamine groups is 3. The van der Waals surface area contributed by atoms with Crippen LogP contribution in [0.3, 0.4) is 0 Å². The SMILES string of the molecule is COc1cc2c(cc1O)C[C@H]1c3c(ccc(OC)c3O)CC[N@@+]1([O-])C2. The molecular formula is C19H21NO5. The summed E-state index contributed by atoms with van der Waals surface area (Å²) < 4.78 is 9.99. The minimum Gasteiger partial charge on any atom is -0.632 e. The number of methoxy groups -OCH3 is 2. The van der Waals surface area contributed by atoms with Gasteiger partial charge in [-0.25, -0.2) is 0 Å². The van der Waals surface area contributed by atoms with Crippen LogP contribution in [0.5, 0.6) is 23.0 Å². The molecule has 2 N–H and O–H groups in total. The van der Waals surface area contributed by atoms with E-state index in [4.69, 9.17) is 9.47 Å². The lowest BCUT2D eigenvalue weighted by atomic mass is 9.82. The Labute approximate surface area is 146 Å². The molecule has 132 valence electrons. The van der Waals surface area contributed by atoms with Crippen molar-refractivity contribution in [1.29, 1.82) is 0 Å². The zero-order chi connectivity index (χ0) is 17.8. The molecule has 2 heterocycles. The van der Waals surface area contributed by atoms with Gasteiger partial charge in [0.05, 0.1) is 26.3 Å². The van der Waals surface area contributed by atoms with Gasteiger partial charge in [-0.1, -0.05) is 6.07 Å². The highest BCUT2D eigenvalue weighted by molar-refractivity contribution is 5.54. The molecule has 2 aromatic rings. The van der Waals surface area contributed by atoms with Gasteiger partial charge in [0.15, 0.2) is 23.0 Å². The molecule has 2 atom stereocenters. The number of aromatic hydroxyl groups is 2. The number of phenolic OH excluding ortho intramolecular Hbond substituents is 2. The van der Waals surface area contributed by atoms with Gasteiger partial charge < -0.3 is 29.5 Å². The van der Waals surface area contributed by atoms with Crippen LogP contribution in [0, 0.1) is 5.21 Å². The minimum atomic E-state index is -0.408. The van der Waals surface area contributed by atoms with Gasteiger partial charge in [-0.05, 0) is 29.3 Å². The molecule has 0 fully saturated rings. The second-order valence-corrected chi connectivity index (χ2v) is 6.79. The summed E-state index contributed by atoms with van der Waals surface area (Å²) in [5.74, 6) is 0.892. The predicted octanol–water partition coefficient (Wildman–Crippen LogP) is 2.78. The topological polar surface area (TPSA) is 82.0 Å². The first kappa shape index (κ1) is 16.1. The number of hydrogen-bond acceptors (Lipinski definition) is 5. The Morgan fingerprint density at radius 1 is 1.04 bits per heavy atom. The van der Waals surface area contributed by atoms with Crippen LogP contribution in [0.1, 0.15) is 28.3 Å². The van der Waals surface area contributed by atoms with Gasteiger partial charge in [-0.3, -0.25) is 0 Å². The van der Waals surface area contributed by atoms with E-state index in [0.29, 0.717) is 43.0 Å². The van der Waals surface area contributed by atoms with Crippen molar-refractivity contribution < 1.29 is 24.3 Å². The molecule has 6 nitrogen and oxygen atoms in total. The first-order valence-corrected chi connectivity index (χ1v) is 8.32. The average Bonchev–Trinajstić information content (AvgIpc) is 2.60. The smallest absolute Gasteiger partial charge is 0.167 e. The summed E-state index contributed by atoms with van der Waals surface area (Å²) in [7, 11) is 3.00. The molecule has 2 aromatic carbocycles. The van der Waals surface area contributed by atoms with E-state index in [1.165, 1.54) is 14.2 Å². The van der Waals surface area contributed by atoms with Gasteiger partial charge in [0.1, 0.15) is 12.6 Å². The van der Waals surface area contributed by atoms with Crippen molar-refractivity contribution in [1.82, 2.24) is 0 Å². The Morgan fingerprint density at radius 2 is 1.80 bits per heavy atom. The van der Waals surface area contributed by atoms with Crippen LogP contribution in [0.25, 0.3) is 0 Å². The van der Waals surface area contributed by atoms with Crippen LogP contribution in [-0.4, -0.2) is 35.6 Å². The largest absolute Gasteiger partial charge is 0.632 e. The van der Waals surface area contributed by atoms with Crippen LogP contribution in [0.15, 0.2) is 24.3 Å². The fourth-order valence-electron chi connectivity index (χ4n) is 4.19. The van der Waals surface area contributed by atoms with E-state index < -0.39 is 10.7 Å². The molecule has 0 spiro atoms. The highest BCUT2D eigenvalue weighted by Gasteiger charge is 2.43. The molecule has 4 rings (SSSR count). The fraction of sp³-hybridized carbons (Fsp3) is 0.368. The number of ether oxygens (including phenoxy) is 2. The molecule has 2 aliphatic rings. The number of quaternary nitrogens is 1. The molecular weight excluding hydrogens is 322 g/mol. The van der Waals surface area contributed by atoms with Crippen molar-refractivity contribution in [2.45, 2.75) is 25.4 Å². The number of nitrogens with zero attached hydrogens (tertiary/aromatic N) is 1. The summed E-state index contributed by atoms with van der Waals surface area (Å²) in [5, 5.41) is 34.3. The van der Waals surface area contributed by atoms with Gasteiger partial charge in [-0.2, -0.15) is 0 Å². The van der Waals surface area contributed by atoms with Crippen LogP contribution >= 0.6 is 0 Å². The quantitative estimate of drug-likeness (QED) is 0.647. The molecule has 0 bridgehead atoms. The second-order valence-electron chi connectivity index (χ2n) is 6.79. The van der Waals surface area contributed by atoms with Crippen molar-refractivity contribution in [3.63, 3.8) is 0 Å². The lowest BCUT2D eigenvalue weighted by Gasteiger charge is -2.54. The van der Waals surface area contributed by atoms with E-state index in [2.05, 4.69) is 0 Å². The maximum absolute atomic E-state index is 13.5. The highest BCUT2D eigenvalue weighted by atomic mass is 16.5. The second kappa shape index (κ2) is 5.54. The lowest BCUT2D eigenvalue weighted by Crippen LogP contribution is -2.52. The maximum atomic E-state index is 13.5. The standard InChI is InChI=1S/C19H21NO5/c1-24-16-4-3-11-5-6-20(23)10-13-9-17(25-2)15(21)8-12(13)7-14(20)18(11)19(16)22/h3-4,8-9,14,21-22H,5-7,10H2,1-2H3/t14-,20+/m0/s1. The Hall–Kier alpha value is -2.44. The normalized spacial score (nSPS) is 24.0. The summed E-state index contributed by atoms with van der Waals surface area (Å²) in [4.78, 5) is 0. The molecule has 6 heteroatoms. The fourth-order valence-corrected chi connectivity index (χ4v) is 4.19. The molecule has 0 aromatic heterocycles. The first-order chi connectivity index (χ1) is 12.0. The van der Waals surface area contributed by atoms with Crippen LogP contribution in [-0.2, 0) is 19.4 Å². The molecule has 0 saturated heterocycles. The van der Waals surface area contributed by atoms with Crippen molar-refractivity contribution >= 4 is 0 Å². The number of fused-ring (bicyclic) bond motifs is 4. The minimum absolute atomic E-state index is 0.0595. The van der Waals surface area contributed by atoms with Crippen molar-refractivity contribution in [3.05, 3.63) is 51.7 Å².